The van der Waals surface area contributed by atoms with Gasteiger partial charge in [-0.05, 0) is 30.7 Å². The van der Waals surface area contributed by atoms with Crippen LogP contribution >= 0.6 is 11.3 Å². The Morgan fingerprint density at radius 2 is 2.00 bits per heavy atom. The van der Waals surface area contributed by atoms with Crippen molar-refractivity contribution in [1.82, 2.24) is 4.98 Å². The van der Waals surface area contributed by atoms with Gasteiger partial charge in [-0.3, -0.25) is 29.4 Å². The van der Waals surface area contributed by atoms with E-state index < -0.39 is 28.1 Å². The van der Waals surface area contributed by atoms with Crippen LogP contribution in [0.4, 0.5) is 15.2 Å². The van der Waals surface area contributed by atoms with Crippen LogP contribution in [0.15, 0.2) is 51.7 Å². The van der Waals surface area contributed by atoms with Crippen LogP contribution in [-0.2, 0) is 0 Å². The number of aromatic nitrogens is 1. The van der Waals surface area contributed by atoms with E-state index in [2.05, 4.69) is 4.98 Å². The van der Waals surface area contributed by atoms with Gasteiger partial charge in [0.2, 0.25) is 5.76 Å². The maximum atomic E-state index is 13.9. The molecule has 0 saturated heterocycles. The van der Waals surface area contributed by atoms with Gasteiger partial charge in [-0.25, -0.2) is 9.37 Å². The number of anilines is 1. The third-order valence-electron chi connectivity index (χ3n) is 5.54. The third kappa shape index (κ3) is 3.20. The molecule has 170 valence electrons. The second kappa shape index (κ2) is 7.66. The average Bonchev–Trinajstić information content (AvgIpc) is 3.32. The zero-order valence-electron chi connectivity index (χ0n) is 17.7. The van der Waals surface area contributed by atoms with Gasteiger partial charge >= 0.3 is 0 Å². The number of aryl methyl sites for hydroxylation is 1. The first-order chi connectivity index (χ1) is 16.2. The second-order valence-electron chi connectivity index (χ2n) is 7.71. The zero-order chi connectivity index (χ0) is 24.3. The number of halogens is 1. The smallest absolute Gasteiger partial charge is 0.297 e. The molecule has 4 aromatic rings. The van der Waals surface area contributed by atoms with Crippen LogP contribution in [0.25, 0.3) is 11.0 Å². The lowest BCUT2D eigenvalue weighted by atomic mass is 9.98. The zero-order valence-corrected chi connectivity index (χ0v) is 18.5. The van der Waals surface area contributed by atoms with Crippen molar-refractivity contribution in [2.45, 2.75) is 19.9 Å². The Kier molecular flexibility index (Phi) is 4.87. The summed E-state index contributed by atoms with van der Waals surface area (Å²) in [6, 6.07) is 7.76. The molecule has 0 aliphatic carbocycles. The predicted octanol–water partition coefficient (Wildman–Crippen LogP) is 4.56. The predicted molar refractivity (Wildman–Crippen MR) is 121 cm³/mol. The molecular formula is C23H14FN3O6S. The van der Waals surface area contributed by atoms with Crippen LogP contribution < -0.4 is 10.3 Å². The van der Waals surface area contributed by atoms with Gasteiger partial charge in [0.05, 0.1) is 32.5 Å². The highest BCUT2D eigenvalue weighted by Gasteiger charge is 2.45. The number of ketones is 1. The van der Waals surface area contributed by atoms with Crippen LogP contribution in [0.5, 0.6) is 0 Å². The molecule has 2 aromatic heterocycles. The van der Waals surface area contributed by atoms with Crippen molar-refractivity contribution in [3.05, 3.63) is 96.1 Å². The Morgan fingerprint density at radius 3 is 2.68 bits per heavy atom. The number of carbonyl (C=O) groups excluding carboxylic acids is 2. The first-order valence-corrected chi connectivity index (χ1v) is 10.8. The fourth-order valence-corrected chi connectivity index (χ4v) is 5.07. The quantitative estimate of drug-likeness (QED) is 0.239. The van der Waals surface area contributed by atoms with E-state index in [-0.39, 0.29) is 44.5 Å². The van der Waals surface area contributed by atoms with Crippen molar-refractivity contribution in [1.29, 1.82) is 0 Å². The first-order valence-electron chi connectivity index (χ1n) is 10.00. The normalized spacial score (nSPS) is 15.1. The maximum absolute atomic E-state index is 13.9. The van der Waals surface area contributed by atoms with E-state index in [4.69, 9.17) is 4.42 Å². The van der Waals surface area contributed by atoms with E-state index in [1.54, 1.807) is 6.92 Å². The van der Waals surface area contributed by atoms with E-state index in [0.29, 0.717) is 10.6 Å². The lowest BCUT2D eigenvalue weighted by Crippen LogP contribution is -2.29. The van der Waals surface area contributed by atoms with Crippen LogP contribution in [0.2, 0.25) is 0 Å². The molecule has 0 bridgehead atoms. The molecule has 0 spiro atoms. The molecule has 9 nitrogen and oxygen atoms in total. The molecule has 1 atom stereocenters. The van der Waals surface area contributed by atoms with Crippen LogP contribution in [0.3, 0.4) is 0 Å². The lowest BCUT2D eigenvalue weighted by Gasteiger charge is -2.22. The summed E-state index contributed by atoms with van der Waals surface area (Å²) in [4.78, 5) is 55.7. The Hall–Kier alpha value is -4.25. The molecule has 1 aliphatic heterocycles. The van der Waals surface area contributed by atoms with Crippen molar-refractivity contribution in [2.75, 3.05) is 4.90 Å². The Labute approximate surface area is 194 Å². The Bertz CT molecular complexity index is 1610. The molecule has 0 fully saturated rings. The van der Waals surface area contributed by atoms with E-state index in [1.807, 2.05) is 0 Å². The fraction of sp³-hybridized carbons (Fsp3) is 0.130. The van der Waals surface area contributed by atoms with Crippen LogP contribution in [0, 0.1) is 22.9 Å². The fourth-order valence-electron chi connectivity index (χ4n) is 4.08. The number of carbonyl (C=O) groups is 2. The summed E-state index contributed by atoms with van der Waals surface area (Å²) in [5, 5.41) is 11.5. The third-order valence-corrected chi connectivity index (χ3v) is 6.80. The van der Waals surface area contributed by atoms with Gasteiger partial charge in [-0.1, -0.05) is 23.5 Å². The number of thiazole rings is 1. The number of benzene rings is 2. The summed E-state index contributed by atoms with van der Waals surface area (Å²) in [5.74, 6) is -1.86. The number of rotatable bonds is 4. The largest absolute Gasteiger partial charge is 0.450 e. The van der Waals surface area contributed by atoms with Gasteiger partial charge in [-0.15, -0.1) is 0 Å². The molecule has 0 radical (unpaired) electrons. The number of nitro benzene ring substituents is 1. The molecule has 1 amide bonds. The average molecular weight is 479 g/mol. The van der Waals surface area contributed by atoms with Gasteiger partial charge < -0.3 is 4.42 Å². The van der Waals surface area contributed by atoms with Gasteiger partial charge in [0, 0.05) is 19.1 Å². The van der Waals surface area contributed by atoms with E-state index in [9.17, 15) is 28.9 Å². The number of fused-ring (bicyclic) bond motifs is 2. The van der Waals surface area contributed by atoms with E-state index >= 15 is 0 Å². The molecule has 34 heavy (non-hydrogen) atoms. The van der Waals surface area contributed by atoms with Gasteiger partial charge in [-0.2, -0.15) is 0 Å². The number of hydrogen-bond acceptors (Lipinski definition) is 8. The number of hydrogen-bond donors (Lipinski definition) is 0. The number of nitro groups is 1. The monoisotopic (exact) mass is 479 g/mol. The van der Waals surface area contributed by atoms with E-state index in [1.165, 1.54) is 42.2 Å². The number of amides is 1. The summed E-state index contributed by atoms with van der Waals surface area (Å²) < 4.78 is 19.6. The standard InChI is InChI=1S/C23H14FN3O6S/c1-10-21(11(2)28)34-23(25-10)26-18(12-4-3-5-14(8-12)27(31)32)17-19(29)15-9-13(24)6-7-16(15)33-20(17)22(26)30/h3-9,18H,1-2H3. The van der Waals surface area contributed by atoms with Crippen molar-refractivity contribution in [3.63, 3.8) is 0 Å². The summed E-state index contributed by atoms with van der Waals surface area (Å²) in [7, 11) is 0. The van der Waals surface area contributed by atoms with Crippen LogP contribution in [0.1, 0.15) is 50.0 Å². The van der Waals surface area contributed by atoms with Gasteiger partial charge in [0.25, 0.3) is 11.6 Å². The van der Waals surface area contributed by atoms with Crippen molar-refractivity contribution in [3.8, 4) is 0 Å². The van der Waals surface area contributed by atoms with Crippen molar-refractivity contribution >= 4 is 44.8 Å². The molecule has 0 saturated carbocycles. The number of Topliss-reactive ketones (excluding diaryl/α,β-unsaturated/α-hetero) is 1. The summed E-state index contributed by atoms with van der Waals surface area (Å²) in [6.07, 6.45) is 0. The summed E-state index contributed by atoms with van der Waals surface area (Å²) >= 11 is 0.968. The molecule has 1 aliphatic rings. The Morgan fingerprint density at radius 1 is 1.24 bits per heavy atom. The molecule has 5 rings (SSSR count). The molecule has 2 aromatic carbocycles. The summed E-state index contributed by atoms with van der Waals surface area (Å²) in [6.45, 7) is 2.99. The molecule has 11 heteroatoms. The topological polar surface area (TPSA) is 124 Å². The Balaban J connectivity index is 1.82. The minimum Gasteiger partial charge on any atom is -0.450 e. The SMILES string of the molecule is CC(=O)c1sc(N2C(=O)c3oc4ccc(F)cc4c(=O)c3C2c2cccc([N+](=O)[O-])c2)nc1C. The van der Waals surface area contributed by atoms with Gasteiger partial charge in [0.15, 0.2) is 16.3 Å². The molecular weight excluding hydrogens is 465 g/mol. The minimum atomic E-state index is -1.13. The maximum Gasteiger partial charge on any atom is 0.297 e. The molecule has 1 unspecified atom stereocenters. The molecule has 0 N–H and O–H groups in total. The van der Waals surface area contributed by atoms with Crippen molar-refractivity contribution < 1.29 is 23.3 Å². The number of nitrogens with zero attached hydrogens (tertiary/aromatic N) is 3. The van der Waals surface area contributed by atoms with Crippen LogP contribution in [-0.4, -0.2) is 21.6 Å². The first kappa shape index (κ1) is 21.6. The summed E-state index contributed by atoms with van der Waals surface area (Å²) in [5.41, 5.74) is -0.265. The number of non-ortho nitro benzene ring substituents is 1. The lowest BCUT2D eigenvalue weighted by molar-refractivity contribution is -0.384. The highest BCUT2D eigenvalue weighted by Crippen LogP contribution is 2.43. The second-order valence-corrected chi connectivity index (χ2v) is 8.69. The minimum absolute atomic E-state index is 0.0258. The van der Waals surface area contributed by atoms with Gasteiger partial charge in [0.1, 0.15) is 11.4 Å². The van der Waals surface area contributed by atoms with E-state index in [0.717, 1.165) is 23.5 Å². The highest BCUT2D eigenvalue weighted by molar-refractivity contribution is 7.17. The van der Waals surface area contributed by atoms with Crippen molar-refractivity contribution in [2.24, 2.45) is 0 Å². The highest BCUT2D eigenvalue weighted by atomic mass is 32.1. The molecule has 3 heterocycles.